The Kier molecular flexibility index (Phi) is 7.03. The number of hydrogen-bond acceptors (Lipinski definition) is 3. The van der Waals surface area contributed by atoms with E-state index < -0.39 is 0 Å². The molecular formula is C17H29NO2. The van der Waals surface area contributed by atoms with E-state index in [1.807, 2.05) is 12.1 Å². The van der Waals surface area contributed by atoms with Gasteiger partial charge in [0.15, 0.2) is 0 Å². The van der Waals surface area contributed by atoms with E-state index in [4.69, 9.17) is 9.47 Å². The van der Waals surface area contributed by atoms with Gasteiger partial charge in [0.2, 0.25) is 0 Å². The normalized spacial score (nSPS) is 11.9. The maximum absolute atomic E-state index is 5.85. The van der Waals surface area contributed by atoms with Crippen LogP contribution in [0.1, 0.15) is 39.7 Å². The molecule has 0 amide bonds. The van der Waals surface area contributed by atoms with E-state index in [9.17, 15) is 0 Å². The van der Waals surface area contributed by atoms with Crippen molar-refractivity contribution in [2.24, 2.45) is 0 Å². The minimum absolute atomic E-state index is 0.0888. The van der Waals surface area contributed by atoms with Gasteiger partial charge in [0.1, 0.15) is 12.4 Å². The van der Waals surface area contributed by atoms with Gasteiger partial charge in [0.05, 0.1) is 6.61 Å². The summed E-state index contributed by atoms with van der Waals surface area (Å²) in [6.45, 7) is 11.1. The highest BCUT2D eigenvalue weighted by molar-refractivity contribution is 5.38. The van der Waals surface area contributed by atoms with Gasteiger partial charge in [-0.1, -0.05) is 45.9 Å². The van der Waals surface area contributed by atoms with Crippen molar-refractivity contribution in [1.29, 1.82) is 0 Å². The molecule has 0 aliphatic heterocycles. The molecule has 0 spiro atoms. The largest absolute Gasteiger partial charge is 0.491 e. The summed E-state index contributed by atoms with van der Waals surface area (Å²) in [4.78, 5) is 0. The fourth-order valence-electron chi connectivity index (χ4n) is 2.19. The Hall–Kier alpha value is -1.06. The van der Waals surface area contributed by atoms with Gasteiger partial charge in [0.25, 0.3) is 0 Å². The molecule has 0 saturated heterocycles. The quantitative estimate of drug-likeness (QED) is 0.703. The zero-order valence-corrected chi connectivity index (χ0v) is 13.5. The van der Waals surface area contributed by atoms with Crippen LogP contribution in [0.25, 0.3) is 0 Å². The summed E-state index contributed by atoms with van der Waals surface area (Å²) in [5.74, 6) is 0.971. The molecule has 0 bridgehead atoms. The lowest BCUT2D eigenvalue weighted by molar-refractivity contribution is 0.145. The maximum atomic E-state index is 5.85. The Bertz CT molecular complexity index is 388. The van der Waals surface area contributed by atoms with Crippen molar-refractivity contribution in [2.75, 3.05) is 26.9 Å². The van der Waals surface area contributed by atoms with Gasteiger partial charge < -0.3 is 14.8 Å². The minimum Gasteiger partial charge on any atom is -0.491 e. The highest BCUT2D eigenvalue weighted by Gasteiger charge is 2.23. The number of ether oxygens (including phenoxy) is 2. The van der Waals surface area contributed by atoms with E-state index in [0.29, 0.717) is 19.3 Å². The summed E-state index contributed by atoms with van der Waals surface area (Å²) >= 11 is 0. The fourth-order valence-corrected chi connectivity index (χ4v) is 2.19. The Morgan fingerprint density at radius 1 is 1.15 bits per heavy atom. The second-order valence-corrected chi connectivity index (χ2v) is 6.08. The number of methoxy groups -OCH3 is 1. The molecule has 0 unspecified atom stereocenters. The molecule has 114 valence electrons. The molecule has 0 aromatic heterocycles. The number of nitrogens with one attached hydrogen (secondary N) is 1. The van der Waals surface area contributed by atoms with Crippen LogP contribution in [-0.4, -0.2) is 32.9 Å². The molecule has 1 rings (SSSR count). The van der Waals surface area contributed by atoms with Gasteiger partial charge in [0, 0.05) is 13.2 Å². The lowest BCUT2D eigenvalue weighted by Crippen LogP contribution is -2.30. The SMILES string of the molecule is COCCOc1ccccc1C(C)(C)CCNC(C)C. The van der Waals surface area contributed by atoms with Crippen LogP contribution in [0, 0.1) is 0 Å². The third-order valence-electron chi connectivity index (χ3n) is 3.46. The minimum atomic E-state index is 0.0888. The van der Waals surface area contributed by atoms with Crippen LogP contribution in [0.15, 0.2) is 24.3 Å². The summed E-state index contributed by atoms with van der Waals surface area (Å²) in [5, 5.41) is 3.48. The lowest BCUT2D eigenvalue weighted by Gasteiger charge is -2.28. The van der Waals surface area contributed by atoms with Crippen LogP contribution in [0.3, 0.4) is 0 Å². The molecule has 0 radical (unpaired) electrons. The smallest absolute Gasteiger partial charge is 0.123 e. The topological polar surface area (TPSA) is 30.5 Å². The second-order valence-electron chi connectivity index (χ2n) is 6.08. The highest BCUT2D eigenvalue weighted by Crippen LogP contribution is 2.33. The van der Waals surface area contributed by atoms with Crippen LogP contribution < -0.4 is 10.1 Å². The zero-order chi connectivity index (χ0) is 15.0. The van der Waals surface area contributed by atoms with Crippen molar-refractivity contribution in [1.82, 2.24) is 5.32 Å². The Morgan fingerprint density at radius 2 is 1.85 bits per heavy atom. The van der Waals surface area contributed by atoms with Crippen molar-refractivity contribution in [3.05, 3.63) is 29.8 Å². The third kappa shape index (κ3) is 5.51. The molecule has 0 saturated carbocycles. The standard InChI is InChI=1S/C17H29NO2/c1-14(2)18-11-10-17(3,4)15-8-6-7-9-16(15)20-13-12-19-5/h6-9,14,18H,10-13H2,1-5H3. The zero-order valence-electron chi connectivity index (χ0n) is 13.5. The van der Waals surface area contributed by atoms with E-state index >= 15 is 0 Å². The van der Waals surface area contributed by atoms with E-state index in [-0.39, 0.29) is 5.41 Å². The molecule has 3 heteroatoms. The van der Waals surface area contributed by atoms with Gasteiger partial charge >= 0.3 is 0 Å². The average Bonchev–Trinajstić information content (AvgIpc) is 2.39. The van der Waals surface area contributed by atoms with Crippen molar-refractivity contribution in [3.8, 4) is 5.75 Å². The van der Waals surface area contributed by atoms with E-state index in [2.05, 4.69) is 45.1 Å². The predicted molar refractivity (Wildman–Crippen MR) is 84.6 cm³/mol. The average molecular weight is 279 g/mol. The summed E-state index contributed by atoms with van der Waals surface area (Å²) in [6.07, 6.45) is 1.08. The molecule has 0 heterocycles. The first-order chi connectivity index (χ1) is 9.47. The molecule has 0 atom stereocenters. The van der Waals surface area contributed by atoms with Gasteiger partial charge in [-0.15, -0.1) is 0 Å². The van der Waals surface area contributed by atoms with Crippen LogP contribution in [0.5, 0.6) is 5.75 Å². The first-order valence-corrected chi connectivity index (χ1v) is 7.42. The molecular weight excluding hydrogens is 250 g/mol. The summed E-state index contributed by atoms with van der Waals surface area (Å²) in [7, 11) is 1.69. The van der Waals surface area contributed by atoms with Crippen molar-refractivity contribution in [3.63, 3.8) is 0 Å². The van der Waals surface area contributed by atoms with Gasteiger partial charge in [-0.25, -0.2) is 0 Å². The number of benzene rings is 1. The molecule has 0 aliphatic carbocycles. The summed E-state index contributed by atoms with van der Waals surface area (Å²) < 4.78 is 10.9. The van der Waals surface area contributed by atoms with Crippen LogP contribution >= 0.6 is 0 Å². The molecule has 0 fully saturated rings. The third-order valence-corrected chi connectivity index (χ3v) is 3.46. The van der Waals surface area contributed by atoms with E-state index in [1.54, 1.807) is 7.11 Å². The van der Waals surface area contributed by atoms with Gasteiger partial charge in [-0.3, -0.25) is 0 Å². The molecule has 20 heavy (non-hydrogen) atoms. The maximum Gasteiger partial charge on any atom is 0.123 e. The van der Waals surface area contributed by atoms with Gasteiger partial charge in [-0.2, -0.15) is 0 Å². The Labute approximate surface area is 123 Å². The molecule has 3 nitrogen and oxygen atoms in total. The van der Waals surface area contributed by atoms with Gasteiger partial charge in [-0.05, 0) is 30.0 Å². The molecule has 1 aromatic rings. The van der Waals surface area contributed by atoms with Crippen LogP contribution in [-0.2, 0) is 10.2 Å². The molecule has 1 aromatic carbocycles. The van der Waals surface area contributed by atoms with E-state index in [0.717, 1.165) is 18.7 Å². The predicted octanol–water partition coefficient (Wildman–Crippen LogP) is 3.38. The first-order valence-electron chi connectivity index (χ1n) is 7.42. The monoisotopic (exact) mass is 279 g/mol. The Balaban J connectivity index is 2.71. The molecule has 0 aliphatic rings. The highest BCUT2D eigenvalue weighted by atomic mass is 16.5. The molecule has 1 N–H and O–H groups in total. The number of hydrogen-bond donors (Lipinski definition) is 1. The van der Waals surface area contributed by atoms with Crippen molar-refractivity contribution >= 4 is 0 Å². The van der Waals surface area contributed by atoms with Crippen LogP contribution in [0.4, 0.5) is 0 Å². The summed E-state index contributed by atoms with van der Waals surface area (Å²) in [6, 6.07) is 8.84. The number of rotatable bonds is 9. The number of para-hydroxylation sites is 1. The van der Waals surface area contributed by atoms with Crippen molar-refractivity contribution < 1.29 is 9.47 Å². The first kappa shape index (κ1) is 17.0. The lowest BCUT2D eigenvalue weighted by atomic mass is 9.81. The second kappa shape index (κ2) is 8.28. The Morgan fingerprint density at radius 3 is 2.50 bits per heavy atom. The fraction of sp³-hybridized carbons (Fsp3) is 0.647. The van der Waals surface area contributed by atoms with Crippen molar-refractivity contribution in [2.45, 2.75) is 45.6 Å². The van der Waals surface area contributed by atoms with E-state index in [1.165, 1.54) is 5.56 Å². The summed E-state index contributed by atoms with van der Waals surface area (Å²) in [5.41, 5.74) is 1.35. The van der Waals surface area contributed by atoms with Crippen LogP contribution in [0.2, 0.25) is 0 Å².